The molecule has 1 amide bonds. The monoisotopic (exact) mass is 490 g/mol. The van der Waals surface area contributed by atoms with Gasteiger partial charge in [-0.25, -0.2) is 4.79 Å². The Morgan fingerprint density at radius 2 is 1.89 bits per heavy atom. The largest absolute Gasteiger partial charge is 0.447 e. The highest BCUT2D eigenvalue weighted by Gasteiger charge is 2.26. The lowest BCUT2D eigenvalue weighted by atomic mass is 9.91. The molecule has 0 N–H and O–H groups in total. The molecule has 2 aromatic carbocycles. The molecular weight excluding hydrogens is 456 g/mol. The number of rotatable bonds is 7. The van der Waals surface area contributed by atoms with Crippen LogP contribution in [0.3, 0.4) is 0 Å². The first-order chi connectivity index (χ1) is 17.1. The highest BCUT2D eigenvalue weighted by Crippen LogP contribution is 2.34. The first-order valence-corrected chi connectivity index (χ1v) is 13.4. The number of fused-ring (bicyclic) bond motifs is 1. The van der Waals surface area contributed by atoms with Crippen LogP contribution in [0.5, 0.6) is 0 Å². The predicted molar refractivity (Wildman–Crippen MR) is 143 cm³/mol. The first kappa shape index (κ1) is 24.0. The van der Waals surface area contributed by atoms with Gasteiger partial charge in [-0.1, -0.05) is 54.7 Å². The Bertz CT molecular complexity index is 1110. The Balaban J connectivity index is 1.19. The molecule has 184 valence electrons. The molecule has 0 unspecified atom stereocenters. The average Bonchev–Trinajstić information content (AvgIpc) is 3.34. The maximum absolute atomic E-state index is 12.0. The smallest absolute Gasteiger partial charge is 0.414 e. The first-order valence-electron chi connectivity index (χ1n) is 12.6. The maximum Gasteiger partial charge on any atom is 0.414 e. The molecule has 35 heavy (non-hydrogen) atoms. The van der Waals surface area contributed by atoms with E-state index in [4.69, 9.17) is 9.47 Å². The van der Waals surface area contributed by atoms with Crippen molar-refractivity contribution in [2.24, 2.45) is 0 Å². The Morgan fingerprint density at radius 3 is 2.60 bits per heavy atom. The average molecular weight is 491 g/mol. The molecular formula is C29H34N2O3S. The van der Waals surface area contributed by atoms with E-state index in [9.17, 15) is 4.79 Å². The Morgan fingerprint density at radius 1 is 1.09 bits per heavy atom. The van der Waals surface area contributed by atoms with Crippen molar-refractivity contribution in [3.63, 3.8) is 0 Å². The normalized spacial score (nSPS) is 19.0. The molecule has 0 radical (unpaired) electrons. The predicted octanol–water partition coefficient (Wildman–Crippen LogP) is 6.25. The van der Waals surface area contributed by atoms with Crippen LogP contribution in [-0.2, 0) is 28.9 Å². The number of allylic oxidation sites excluding steroid dienone is 2. The molecule has 0 spiro atoms. The number of nitrogens with zero attached hydrogens (tertiary/aromatic N) is 2. The van der Waals surface area contributed by atoms with Gasteiger partial charge >= 0.3 is 6.09 Å². The van der Waals surface area contributed by atoms with Gasteiger partial charge in [0.15, 0.2) is 0 Å². The van der Waals surface area contributed by atoms with E-state index in [-0.39, 0.29) is 6.09 Å². The van der Waals surface area contributed by atoms with Crippen LogP contribution in [0.15, 0.2) is 65.1 Å². The van der Waals surface area contributed by atoms with Gasteiger partial charge < -0.3 is 14.4 Å². The van der Waals surface area contributed by atoms with Crippen molar-refractivity contribution < 1.29 is 14.3 Å². The van der Waals surface area contributed by atoms with Crippen molar-refractivity contribution in [3.05, 3.63) is 87.3 Å². The zero-order valence-electron chi connectivity index (χ0n) is 20.5. The van der Waals surface area contributed by atoms with E-state index in [0.29, 0.717) is 19.1 Å². The molecule has 0 atom stereocenters. The van der Waals surface area contributed by atoms with Gasteiger partial charge in [0.05, 0.1) is 11.6 Å². The minimum atomic E-state index is -0.254. The van der Waals surface area contributed by atoms with E-state index in [0.717, 1.165) is 62.7 Å². The maximum atomic E-state index is 12.0. The molecule has 3 aliphatic rings. The van der Waals surface area contributed by atoms with Gasteiger partial charge in [-0.05, 0) is 71.4 Å². The quantitative estimate of drug-likeness (QED) is 0.459. The van der Waals surface area contributed by atoms with Crippen LogP contribution < -0.4 is 4.90 Å². The van der Waals surface area contributed by atoms with Gasteiger partial charge in [-0.3, -0.25) is 4.90 Å². The zero-order chi connectivity index (χ0) is 24.2. The SMILES string of the molecule is C=C(S/C(=C\C)Cc1ccc(C2CCOCC2)cc1)N1CCc2ccc(N3CCOC3=O)cc2C1. The molecule has 2 fully saturated rings. The standard InChI is InChI=1S/C29H34N2O3S/c1-3-28(18-22-4-6-23(7-5-22)25-11-15-33-16-12-25)35-21(2)30-13-10-24-8-9-27(19-26(24)20-30)31-14-17-34-29(31)32/h3-9,19,25H,2,10-18,20H2,1H3/b28-3-. The van der Waals surface area contributed by atoms with Gasteiger partial charge in [0.25, 0.3) is 0 Å². The third-order valence-corrected chi connectivity index (χ3v) is 8.39. The van der Waals surface area contributed by atoms with Crippen molar-refractivity contribution in [1.82, 2.24) is 4.90 Å². The minimum Gasteiger partial charge on any atom is -0.447 e. The molecule has 3 heterocycles. The van der Waals surface area contributed by atoms with Crippen LogP contribution in [0, 0.1) is 0 Å². The summed E-state index contributed by atoms with van der Waals surface area (Å²) in [6.45, 7) is 11.1. The van der Waals surface area contributed by atoms with Crippen LogP contribution in [0.1, 0.15) is 47.9 Å². The number of hydrogen-bond donors (Lipinski definition) is 0. The number of cyclic esters (lactones) is 1. The fourth-order valence-electron chi connectivity index (χ4n) is 5.10. The van der Waals surface area contributed by atoms with Crippen molar-refractivity contribution in [2.75, 3.05) is 37.8 Å². The van der Waals surface area contributed by atoms with E-state index in [1.54, 1.807) is 16.7 Å². The fourth-order valence-corrected chi connectivity index (χ4v) is 6.05. The third kappa shape index (κ3) is 5.60. The van der Waals surface area contributed by atoms with Crippen LogP contribution in [-0.4, -0.2) is 43.9 Å². The summed E-state index contributed by atoms with van der Waals surface area (Å²) < 4.78 is 10.6. The molecule has 3 aliphatic heterocycles. The summed E-state index contributed by atoms with van der Waals surface area (Å²) >= 11 is 1.77. The van der Waals surface area contributed by atoms with Crippen LogP contribution >= 0.6 is 11.8 Å². The summed E-state index contributed by atoms with van der Waals surface area (Å²) in [6.07, 6.45) is 6.10. The lowest BCUT2D eigenvalue weighted by Crippen LogP contribution is -2.29. The highest BCUT2D eigenvalue weighted by molar-refractivity contribution is 8.06. The molecule has 5 rings (SSSR count). The minimum absolute atomic E-state index is 0.254. The van der Waals surface area contributed by atoms with Crippen molar-refractivity contribution >= 4 is 23.5 Å². The molecule has 2 saturated heterocycles. The zero-order valence-corrected chi connectivity index (χ0v) is 21.3. The highest BCUT2D eigenvalue weighted by atomic mass is 32.2. The van der Waals surface area contributed by atoms with E-state index in [1.165, 1.54) is 27.2 Å². The van der Waals surface area contributed by atoms with Crippen LogP contribution in [0.4, 0.5) is 10.5 Å². The van der Waals surface area contributed by atoms with Crippen molar-refractivity contribution in [3.8, 4) is 0 Å². The van der Waals surface area contributed by atoms with Gasteiger partial charge in [-0.15, -0.1) is 0 Å². The molecule has 0 saturated carbocycles. The summed E-state index contributed by atoms with van der Waals surface area (Å²) in [6, 6.07) is 15.5. The summed E-state index contributed by atoms with van der Waals surface area (Å²) in [5.41, 5.74) is 6.31. The van der Waals surface area contributed by atoms with Crippen LogP contribution in [0.25, 0.3) is 0 Å². The number of amides is 1. The Hall–Kier alpha value is -2.70. The number of thioether (sulfide) groups is 1. The second-order valence-electron chi connectivity index (χ2n) is 9.45. The summed E-state index contributed by atoms with van der Waals surface area (Å²) in [4.78, 5) is 17.4. The fraction of sp³-hybridized carbons (Fsp3) is 0.414. The molecule has 0 aromatic heterocycles. The van der Waals surface area contributed by atoms with Gasteiger partial charge in [0.2, 0.25) is 0 Å². The van der Waals surface area contributed by atoms with Gasteiger partial charge in [-0.2, -0.15) is 0 Å². The summed E-state index contributed by atoms with van der Waals surface area (Å²) in [5, 5.41) is 1.08. The Kier molecular flexibility index (Phi) is 7.49. The number of carbonyl (C=O) groups is 1. The van der Waals surface area contributed by atoms with E-state index in [2.05, 4.69) is 60.9 Å². The lowest BCUT2D eigenvalue weighted by molar-refractivity contribution is 0.0853. The number of carbonyl (C=O) groups excluding carboxylic acids is 1. The second kappa shape index (κ2) is 10.9. The Labute approximate surface area is 212 Å². The molecule has 0 bridgehead atoms. The van der Waals surface area contributed by atoms with E-state index >= 15 is 0 Å². The summed E-state index contributed by atoms with van der Waals surface area (Å²) in [7, 11) is 0. The molecule has 6 heteroatoms. The number of ether oxygens (including phenoxy) is 2. The number of hydrogen-bond acceptors (Lipinski definition) is 5. The van der Waals surface area contributed by atoms with Crippen molar-refractivity contribution in [1.29, 1.82) is 0 Å². The van der Waals surface area contributed by atoms with E-state index in [1.807, 2.05) is 6.07 Å². The molecule has 0 aliphatic carbocycles. The van der Waals surface area contributed by atoms with Crippen LogP contribution in [0.2, 0.25) is 0 Å². The van der Waals surface area contributed by atoms with Crippen molar-refractivity contribution in [2.45, 2.75) is 45.1 Å². The number of anilines is 1. The molecule has 5 nitrogen and oxygen atoms in total. The number of benzene rings is 2. The van der Waals surface area contributed by atoms with Gasteiger partial charge in [0.1, 0.15) is 6.61 Å². The lowest BCUT2D eigenvalue weighted by Gasteiger charge is -2.32. The second-order valence-corrected chi connectivity index (χ2v) is 10.6. The third-order valence-electron chi connectivity index (χ3n) is 7.25. The van der Waals surface area contributed by atoms with E-state index < -0.39 is 0 Å². The topological polar surface area (TPSA) is 42.0 Å². The molecule has 2 aromatic rings. The summed E-state index contributed by atoms with van der Waals surface area (Å²) in [5.74, 6) is 0.631. The van der Waals surface area contributed by atoms with Gasteiger partial charge in [0, 0.05) is 38.4 Å².